The van der Waals surface area contributed by atoms with E-state index in [4.69, 9.17) is 14.5 Å². The van der Waals surface area contributed by atoms with Crippen LogP contribution in [0.5, 0.6) is 0 Å². The van der Waals surface area contributed by atoms with Gasteiger partial charge in [-0.15, -0.1) is 0 Å². The quantitative estimate of drug-likeness (QED) is 0.408. The molecule has 0 spiro atoms. The molecule has 5 rings (SSSR count). The van der Waals surface area contributed by atoms with Gasteiger partial charge in [-0.25, -0.2) is 9.97 Å². The summed E-state index contributed by atoms with van der Waals surface area (Å²) in [7, 11) is 2.02. The van der Waals surface area contributed by atoms with Crippen molar-refractivity contribution in [3.8, 4) is 0 Å². The average Bonchev–Trinajstić information content (AvgIpc) is 3.47. The third kappa shape index (κ3) is 4.66. The van der Waals surface area contributed by atoms with Crippen molar-refractivity contribution in [1.82, 2.24) is 29.7 Å². The van der Waals surface area contributed by atoms with Crippen molar-refractivity contribution in [3.05, 3.63) is 58.6 Å². The second-order valence-corrected chi connectivity index (χ2v) is 10.7. The zero-order valence-electron chi connectivity index (χ0n) is 21.7. The molecule has 1 aliphatic heterocycles. The highest BCUT2D eigenvalue weighted by Gasteiger charge is 2.27. The maximum atomic E-state index is 5.33. The number of hydrogen-bond acceptors (Lipinski definition) is 7. The second kappa shape index (κ2) is 9.06. The van der Waals surface area contributed by atoms with E-state index < -0.39 is 0 Å². The fraction of sp³-hybridized carbons (Fsp3) is 0.519. The SMILES string of the molecule is CCc1nc(C2CCN(c3nc(Cc4cc(C(C)(C)C)ccc4C)c4c(ncn4C)n3)CC2)no1. The van der Waals surface area contributed by atoms with E-state index in [-0.39, 0.29) is 5.41 Å². The molecule has 4 heterocycles. The van der Waals surface area contributed by atoms with Crippen LogP contribution in [0.15, 0.2) is 29.0 Å². The van der Waals surface area contributed by atoms with Gasteiger partial charge in [-0.2, -0.15) is 9.97 Å². The lowest BCUT2D eigenvalue weighted by Gasteiger charge is -2.30. The van der Waals surface area contributed by atoms with Crippen molar-refractivity contribution >= 4 is 17.1 Å². The van der Waals surface area contributed by atoms with Crippen LogP contribution in [0.25, 0.3) is 11.2 Å². The fourth-order valence-corrected chi connectivity index (χ4v) is 4.81. The van der Waals surface area contributed by atoms with Gasteiger partial charge in [0.05, 0.1) is 12.0 Å². The summed E-state index contributed by atoms with van der Waals surface area (Å²) in [6.45, 7) is 12.7. The van der Waals surface area contributed by atoms with E-state index in [0.717, 1.165) is 67.4 Å². The smallest absolute Gasteiger partial charge is 0.227 e. The molecule has 0 atom stereocenters. The molecular weight excluding hydrogens is 438 g/mol. The number of fused-ring (bicyclic) bond motifs is 1. The lowest BCUT2D eigenvalue weighted by atomic mass is 9.84. The van der Waals surface area contributed by atoms with E-state index in [9.17, 15) is 0 Å². The molecule has 1 aliphatic rings. The number of nitrogens with zero attached hydrogens (tertiary/aromatic N) is 7. The number of benzene rings is 1. The first kappa shape index (κ1) is 23.5. The molecule has 1 aromatic carbocycles. The lowest BCUT2D eigenvalue weighted by Crippen LogP contribution is -2.34. The molecule has 8 nitrogen and oxygen atoms in total. The minimum Gasteiger partial charge on any atom is -0.341 e. The Morgan fingerprint density at radius 2 is 1.86 bits per heavy atom. The highest BCUT2D eigenvalue weighted by molar-refractivity contribution is 5.75. The summed E-state index contributed by atoms with van der Waals surface area (Å²) in [5.41, 5.74) is 6.79. The van der Waals surface area contributed by atoms with Gasteiger partial charge in [0.1, 0.15) is 5.52 Å². The highest BCUT2D eigenvalue weighted by atomic mass is 16.5. The number of aryl methyl sites for hydroxylation is 3. The molecule has 0 unspecified atom stereocenters. The topological polar surface area (TPSA) is 85.8 Å². The summed E-state index contributed by atoms with van der Waals surface area (Å²) >= 11 is 0. The van der Waals surface area contributed by atoms with Crippen LogP contribution in [0.1, 0.15) is 80.6 Å². The van der Waals surface area contributed by atoms with E-state index in [1.165, 1.54) is 16.7 Å². The Kier molecular flexibility index (Phi) is 6.07. The maximum absolute atomic E-state index is 5.33. The molecule has 8 heteroatoms. The van der Waals surface area contributed by atoms with Crippen molar-refractivity contribution in [2.24, 2.45) is 7.05 Å². The van der Waals surface area contributed by atoms with Gasteiger partial charge in [0, 0.05) is 38.9 Å². The lowest BCUT2D eigenvalue weighted by molar-refractivity contribution is 0.366. The predicted molar refractivity (Wildman–Crippen MR) is 137 cm³/mol. The second-order valence-electron chi connectivity index (χ2n) is 10.7. The van der Waals surface area contributed by atoms with Crippen molar-refractivity contribution in [1.29, 1.82) is 0 Å². The predicted octanol–water partition coefficient (Wildman–Crippen LogP) is 4.89. The van der Waals surface area contributed by atoms with Crippen LogP contribution in [0.2, 0.25) is 0 Å². The van der Waals surface area contributed by atoms with Gasteiger partial charge in [-0.1, -0.05) is 51.1 Å². The Labute approximate surface area is 206 Å². The van der Waals surface area contributed by atoms with Crippen LogP contribution < -0.4 is 4.90 Å². The third-order valence-electron chi connectivity index (χ3n) is 7.13. The Morgan fingerprint density at radius 1 is 1.09 bits per heavy atom. The van der Waals surface area contributed by atoms with Gasteiger partial charge in [0.25, 0.3) is 0 Å². The molecule has 0 radical (unpaired) electrons. The Balaban J connectivity index is 1.43. The molecule has 3 aromatic heterocycles. The van der Waals surface area contributed by atoms with E-state index in [0.29, 0.717) is 11.8 Å². The summed E-state index contributed by atoms with van der Waals surface area (Å²) in [5, 5.41) is 4.20. The average molecular weight is 474 g/mol. The number of aromatic nitrogens is 6. The number of hydrogen-bond donors (Lipinski definition) is 0. The maximum Gasteiger partial charge on any atom is 0.227 e. The van der Waals surface area contributed by atoms with E-state index in [1.807, 2.05) is 24.9 Å². The van der Waals surface area contributed by atoms with E-state index in [1.54, 1.807) is 0 Å². The van der Waals surface area contributed by atoms with E-state index in [2.05, 4.69) is 65.9 Å². The molecule has 184 valence electrons. The molecule has 1 fully saturated rings. The molecule has 0 aliphatic carbocycles. The Morgan fingerprint density at radius 3 is 2.54 bits per heavy atom. The van der Waals surface area contributed by atoms with Crippen LogP contribution in [0.3, 0.4) is 0 Å². The summed E-state index contributed by atoms with van der Waals surface area (Å²) in [6, 6.07) is 6.80. The van der Waals surface area contributed by atoms with Crippen LogP contribution >= 0.6 is 0 Å². The molecule has 4 aromatic rings. The summed E-state index contributed by atoms with van der Waals surface area (Å²) in [5.74, 6) is 2.62. The number of anilines is 1. The molecule has 0 bridgehead atoms. The molecule has 0 N–H and O–H groups in total. The monoisotopic (exact) mass is 473 g/mol. The van der Waals surface area contributed by atoms with Crippen LogP contribution in [0, 0.1) is 6.92 Å². The standard InChI is InChI=1S/C27H35N7O/c1-7-22-30-24(32-35-22)18-10-12-34(13-11-18)26-29-21(23-25(31-26)28-16-33(23)6)15-19-14-20(27(3,4)5)9-8-17(19)2/h8-9,14,16,18H,7,10-13,15H2,1-6H3. The van der Waals surface area contributed by atoms with Crippen molar-refractivity contribution < 1.29 is 4.52 Å². The zero-order valence-corrected chi connectivity index (χ0v) is 21.7. The number of rotatable bonds is 5. The van der Waals surface area contributed by atoms with Crippen molar-refractivity contribution in [3.63, 3.8) is 0 Å². The van der Waals surface area contributed by atoms with E-state index >= 15 is 0 Å². The first-order chi connectivity index (χ1) is 16.7. The first-order valence-corrected chi connectivity index (χ1v) is 12.6. The van der Waals surface area contributed by atoms with Gasteiger partial charge in [0.2, 0.25) is 11.8 Å². The van der Waals surface area contributed by atoms with Gasteiger partial charge >= 0.3 is 0 Å². The molecule has 35 heavy (non-hydrogen) atoms. The van der Waals surface area contributed by atoms with Crippen molar-refractivity contribution in [2.75, 3.05) is 18.0 Å². The van der Waals surface area contributed by atoms with Gasteiger partial charge in [-0.05, 0) is 41.9 Å². The third-order valence-corrected chi connectivity index (χ3v) is 7.13. The minimum atomic E-state index is 0.0993. The first-order valence-electron chi connectivity index (χ1n) is 12.6. The highest BCUT2D eigenvalue weighted by Crippen LogP contribution is 2.30. The van der Waals surface area contributed by atoms with Gasteiger partial charge < -0.3 is 14.0 Å². The minimum absolute atomic E-state index is 0.0993. The van der Waals surface area contributed by atoms with Crippen LogP contribution in [-0.4, -0.2) is 42.7 Å². The Hall–Kier alpha value is -3.29. The molecule has 1 saturated heterocycles. The number of imidazole rings is 1. The molecular formula is C27H35N7O. The van der Waals surface area contributed by atoms with Gasteiger partial charge in [0.15, 0.2) is 11.5 Å². The van der Waals surface area contributed by atoms with Crippen LogP contribution in [0.4, 0.5) is 5.95 Å². The van der Waals surface area contributed by atoms with Crippen molar-refractivity contribution in [2.45, 2.75) is 71.6 Å². The Bertz CT molecular complexity index is 1340. The number of piperidine rings is 1. The molecule has 0 saturated carbocycles. The largest absolute Gasteiger partial charge is 0.341 e. The summed E-state index contributed by atoms with van der Waals surface area (Å²) in [4.78, 5) is 21.4. The molecule has 0 amide bonds. The van der Waals surface area contributed by atoms with Gasteiger partial charge in [-0.3, -0.25) is 0 Å². The summed E-state index contributed by atoms with van der Waals surface area (Å²) in [6.07, 6.45) is 5.26. The fourth-order valence-electron chi connectivity index (χ4n) is 4.81. The summed E-state index contributed by atoms with van der Waals surface area (Å²) < 4.78 is 7.36. The van der Waals surface area contributed by atoms with Crippen LogP contribution in [-0.2, 0) is 25.3 Å². The zero-order chi connectivity index (χ0) is 24.7. The normalized spacial score (nSPS) is 15.3.